The molecule has 0 bridgehead atoms. The van der Waals surface area contributed by atoms with E-state index >= 15 is 0 Å². The van der Waals surface area contributed by atoms with E-state index in [9.17, 15) is 9.59 Å². The number of nitrogens with zero attached hydrogens (tertiary/aromatic N) is 2. The second-order valence-corrected chi connectivity index (χ2v) is 10.1. The van der Waals surface area contributed by atoms with Crippen molar-refractivity contribution in [1.29, 1.82) is 0 Å². The van der Waals surface area contributed by atoms with Crippen LogP contribution in [0.4, 0.5) is 0 Å². The number of hydrogen-bond donors (Lipinski definition) is 1. The smallest absolute Gasteiger partial charge is 0.224 e. The van der Waals surface area contributed by atoms with E-state index in [1.807, 2.05) is 44.2 Å². The van der Waals surface area contributed by atoms with Crippen molar-refractivity contribution in [2.45, 2.75) is 47.1 Å². The average molecular weight is 539 g/mol. The van der Waals surface area contributed by atoms with Gasteiger partial charge in [0.25, 0.3) is 0 Å². The highest BCUT2D eigenvalue weighted by Gasteiger charge is 2.17. The van der Waals surface area contributed by atoms with Gasteiger partial charge in [0, 0.05) is 35.0 Å². The first-order chi connectivity index (χ1) is 18.7. The molecule has 0 aliphatic carbocycles. The Morgan fingerprint density at radius 2 is 1.69 bits per heavy atom. The van der Waals surface area contributed by atoms with Gasteiger partial charge in [0.1, 0.15) is 5.78 Å². The van der Waals surface area contributed by atoms with Crippen LogP contribution in [0.3, 0.4) is 0 Å². The monoisotopic (exact) mass is 538 g/mol. The largest absolute Gasteiger partial charge is 0.336 e. The lowest BCUT2D eigenvalue weighted by molar-refractivity contribution is -0.130. The Balaban J connectivity index is 2.05. The number of amides is 1. The van der Waals surface area contributed by atoms with Crippen LogP contribution in [0.1, 0.15) is 44.5 Å². The number of allylic oxidation sites excluding steroid dienone is 6. The van der Waals surface area contributed by atoms with Crippen LogP contribution in [-0.2, 0) is 29.0 Å². The number of carbonyl (C=O) groups excluding carboxylic acids is 2. The van der Waals surface area contributed by atoms with Gasteiger partial charge >= 0.3 is 0 Å². The van der Waals surface area contributed by atoms with Crippen LogP contribution in [0.5, 0.6) is 0 Å². The van der Waals surface area contributed by atoms with E-state index in [2.05, 4.69) is 71.8 Å². The average Bonchev–Trinajstić information content (AvgIpc) is 3.24. The highest BCUT2D eigenvalue weighted by atomic mass is 32.1. The summed E-state index contributed by atoms with van der Waals surface area (Å²) in [6, 6.07) is 19.3. The van der Waals surface area contributed by atoms with Crippen molar-refractivity contribution >= 4 is 41.3 Å². The zero-order chi connectivity index (χ0) is 28.4. The third-order valence-corrected chi connectivity index (χ3v) is 6.82. The van der Waals surface area contributed by atoms with Crippen LogP contribution in [-0.4, -0.2) is 27.7 Å². The lowest BCUT2D eigenvalue weighted by Gasteiger charge is -2.22. The molecular weight excluding hydrogens is 500 g/mol. The van der Waals surface area contributed by atoms with Crippen LogP contribution < -0.4 is 0 Å². The van der Waals surface area contributed by atoms with Crippen LogP contribution in [0, 0.1) is 0 Å². The zero-order valence-corrected chi connectivity index (χ0v) is 24.2. The summed E-state index contributed by atoms with van der Waals surface area (Å²) in [6.45, 7) is 11.6. The summed E-state index contributed by atoms with van der Waals surface area (Å²) in [5.74, 6) is -0.363. The molecule has 0 unspecified atom stereocenters. The summed E-state index contributed by atoms with van der Waals surface area (Å²) in [6.07, 6.45) is 14.2. The lowest BCUT2D eigenvalue weighted by Crippen LogP contribution is -2.32. The molecule has 0 radical (unpaired) electrons. The van der Waals surface area contributed by atoms with Gasteiger partial charge in [-0.1, -0.05) is 73.4 Å². The fraction of sp³-hybridized carbons (Fsp3) is 0.235. The molecule has 4 nitrogen and oxygen atoms in total. The SMILES string of the molecule is C=C(/C(S)=C\c1cc2cc(CCc3ccccc3)ccc2n1CC(/C=C\C)=C/C=C/C)N(CC(C)=O)C(C)=O. The van der Waals surface area contributed by atoms with Crippen LogP contribution in [0.2, 0.25) is 0 Å². The maximum atomic E-state index is 12.2. The first-order valence-electron chi connectivity index (χ1n) is 13.2. The second kappa shape index (κ2) is 14.4. The van der Waals surface area contributed by atoms with Gasteiger partial charge < -0.3 is 9.47 Å². The van der Waals surface area contributed by atoms with E-state index in [0.717, 1.165) is 35.0 Å². The number of ketones is 1. The van der Waals surface area contributed by atoms with Gasteiger partial charge in [0.2, 0.25) is 5.91 Å². The Morgan fingerprint density at radius 1 is 0.974 bits per heavy atom. The Kier molecular flexibility index (Phi) is 10.9. The quantitative estimate of drug-likeness (QED) is 0.189. The zero-order valence-electron chi connectivity index (χ0n) is 23.4. The Hall–Kier alpha value is -3.83. The summed E-state index contributed by atoms with van der Waals surface area (Å²) >= 11 is 4.71. The number of carbonyl (C=O) groups is 2. The molecule has 0 aliphatic heterocycles. The predicted molar refractivity (Wildman–Crippen MR) is 168 cm³/mol. The van der Waals surface area contributed by atoms with Gasteiger partial charge in [-0.05, 0) is 74.6 Å². The standard InChI is InChI=1S/C34H38N2O2S/c1-6-8-13-30(12-7-2)24-36-32(22-34(39)26(4)35(27(5)38)23-25(3)37)21-31-20-29(18-19-33(31)36)17-16-28-14-10-9-11-15-28/h6-15,18-22,39H,4,16-17,23-24H2,1-3,5H3/b8-6+,12-7-,30-13+,34-22+. The van der Waals surface area contributed by atoms with Crippen molar-refractivity contribution in [3.05, 3.63) is 125 Å². The first-order valence-corrected chi connectivity index (χ1v) is 13.7. The van der Waals surface area contributed by atoms with Crippen molar-refractivity contribution in [2.75, 3.05) is 6.54 Å². The molecule has 3 aromatic rings. The van der Waals surface area contributed by atoms with E-state index in [4.69, 9.17) is 12.6 Å². The summed E-state index contributed by atoms with van der Waals surface area (Å²) in [5, 5.41) is 1.14. The minimum absolute atomic E-state index is 0.0304. The number of thiol groups is 1. The molecule has 0 saturated carbocycles. The Labute approximate surface area is 238 Å². The number of aryl methyl sites for hydroxylation is 2. The molecule has 39 heavy (non-hydrogen) atoms. The molecule has 0 saturated heterocycles. The minimum Gasteiger partial charge on any atom is -0.336 e. The van der Waals surface area contributed by atoms with Crippen molar-refractivity contribution in [2.24, 2.45) is 0 Å². The number of fused-ring (bicyclic) bond motifs is 1. The lowest BCUT2D eigenvalue weighted by atomic mass is 10.0. The van der Waals surface area contributed by atoms with Gasteiger partial charge in [-0.25, -0.2) is 0 Å². The van der Waals surface area contributed by atoms with E-state index in [1.54, 1.807) is 0 Å². The minimum atomic E-state index is -0.247. The first kappa shape index (κ1) is 29.7. The molecule has 2 aromatic carbocycles. The molecule has 1 heterocycles. The molecule has 3 rings (SSSR count). The fourth-order valence-electron chi connectivity index (χ4n) is 4.49. The van der Waals surface area contributed by atoms with Gasteiger partial charge in [0.05, 0.1) is 12.2 Å². The summed E-state index contributed by atoms with van der Waals surface area (Å²) in [4.78, 5) is 25.9. The summed E-state index contributed by atoms with van der Waals surface area (Å²) < 4.78 is 2.25. The number of hydrogen-bond acceptors (Lipinski definition) is 3. The maximum absolute atomic E-state index is 12.2. The summed E-state index contributed by atoms with van der Waals surface area (Å²) in [7, 11) is 0. The van der Waals surface area contributed by atoms with Crippen LogP contribution in [0.15, 0.2) is 108 Å². The van der Waals surface area contributed by atoms with Crippen molar-refractivity contribution in [3.63, 3.8) is 0 Å². The van der Waals surface area contributed by atoms with Crippen molar-refractivity contribution in [3.8, 4) is 0 Å². The van der Waals surface area contributed by atoms with Gasteiger partial charge in [-0.3, -0.25) is 9.59 Å². The molecule has 0 aliphatic rings. The van der Waals surface area contributed by atoms with E-state index in [0.29, 0.717) is 17.1 Å². The predicted octanol–water partition coefficient (Wildman–Crippen LogP) is 7.73. The van der Waals surface area contributed by atoms with E-state index in [1.165, 1.54) is 29.9 Å². The fourth-order valence-corrected chi connectivity index (χ4v) is 4.74. The van der Waals surface area contributed by atoms with Crippen molar-refractivity contribution < 1.29 is 9.59 Å². The normalized spacial score (nSPS) is 12.5. The second-order valence-electron chi connectivity index (χ2n) is 9.58. The number of aromatic nitrogens is 1. The molecule has 202 valence electrons. The molecule has 0 N–H and O–H groups in total. The molecule has 1 amide bonds. The molecule has 0 atom stereocenters. The maximum Gasteiger partial charge on any atom is 0.224 e. The van der Waals surface area contributed by atoms with E-state index < -0.39 is 0 Å². The van der Waals surface area contributed by atoms with Crippen LogP contribution in [0.25, 0.3) is 17.0 Å². The molecule has 0 fully saturated rings. The third-order valence-electron chi connectivity index (χ3n) is 6.43. The number of benzene rings is 2. The van der Waals surface area contributed by atoms with Crippen molar-refractivity contribution in [1.82, 2.24) is 9.47 Å². The number of rotatable bonds is 12. The Morgan fingerprint density at radius 3 is 2.33 bits per heavy atom. The molecule has 0 spiro atoms. The highest BCUT2D eigenvalue weighted by Crippen LogP contribution is 2.28. The van der Waals surface area contributed by atoms with Crippen LogP contribution >= 0.6 is 12.6 Å². The molecule has 5 heteroatoms. The molecule has 1 aromatic heterocycles. The van der Waals surface area contributed by atoms with Gasteiger partial charge in [-0.2, -0.15) is 0 Å². The molecular formula is C34H38N2O2S. The number of Topliss-reactive ketones (excluding diaryl/α,β-unsaturated/α-hetero) is 1. The van der Waals surface area contributed by atoms with Gasteiger partial charge in [-0.15, -0.1) is 12.6 Å². The van der Waals surface area contributed by atoms with Gasteiger partial charge in [0.15, 0.2) is 0 Å². The third kappa shape index (κ3) is 8.33. The Bertz CT molecular complexity index is 1460. The highest BCUT2D eigenvalue weighted by molar-refractivity contribution is 7.85. The topological polar surface area (TPSA) is 42.3 Å². The van der Waals surface area contributed by atoms with E-state index in [-0.39, 0.29) is 18.2 Å². The summed E-state index contributed by atoms with van der Waals surface area (Å²) in [5.41, 5.74) is 6.20.